The molecule has 1 aliphatic rings. The molecule has 1 saturated carbocycles. The third-order valence-electron chi connectivity index (χ3n) is 3.06. The maximum atomic E-state index is 13.7. The number of nitrogens with two attached hydrogens (primary N) is 1. The lowest BCUT2D eigenvalue weighted by atomic mass is 9.96. The van der Waals surface area contributed by atoms with Crippen molar-refractivity contribution in [2.75, 3.05) is 12.8 Å². The van der Waals surface area contributed by atoms with E-state index in [1.807, 2.05) is 12.3 Å². The normalized spacial score (nSPS) is 17.9. The van der Waals surface area contributed by atoms with Crippen molar-refractivity contribution in [1.82, 2.24) is 0 Å². The standard InChI is InChI=1S/C11H13BrFNS/c1-15-10-8(12)4-7(5-9(10)13)11(6-14)2-3-11/h4-5H,2-3,6,14H2,1H3. The molecule has 0 unspecified atom stereocenters. The molecule has 4 heteroatoms. The van der Waals surface area contributed by atoms with Gasteiger partial charge in [0.25, 0.3) is 0 Å². The molecule has 0 aliphatic heterocycles. The first kappa shape index (κ1) is 11.4. The molecular formula is C11H13BrFNS. The topological polar surface area (TPSA) is 26.0 Å². The van der Waals surface area contributed by atoms with Crippen LogP contribution >= 0.6 is 27.7 Å². The Bertz CT molecular complexity index is 367. The van der Waals surface area contributed by atoms with Crippen LogP contribution in [0.3, 0.4) is 0 Å². The van der Waals surface area contributed by atoms with Gasteiger partial charge < -0.3 is 5.73 Å². The summed E-state index contributed by atoms with van der Waals surface area (Å²) >= 11 is 4.82. The van der Waals surface area contributed by atoms with Crippen molar-refractivity contribution in [3.63, 3.8) is 0 Å². The smallest absolute Gasteiger partial charge is 0.138 e. The Kier molecular flexibility index (Phi) is 3.10. The highest BCUT2D eigenvalue weighted by Crippen LogP contribution is 2.48. The predicted octanol–water partition coefficient (Wildman–Crippen LogP) is 3.30. The van der Waals surface area contributed by atoms with Gasteiger partial charge in [0.2, 0.25) is 0 Å². The lowest BCUT2D eigenvalue weighted by molar-refractivity contribution is 0.590. The number of thioether (sulfide) groups is 1. The molecule has 1 aliphatic carbocycles. The summed E-state index contributed by atoms with van der Waals surface area (Å²) in [5.41, 5.74) is 6.82. The Morgan fingerprint density at radius 2 is 2.20 bits per heavy atom. The molecule has 0 aromatic heterocycles. The van der Waals surface area contributed by atoms with Crippen molar-refractivity contribution in [1.29, 1.82) is 0 Å². The Balaban J connectivity index is 2.44. The quantitative estimate of drug-likeness (QED) is 0.864. The Hall–Kier alpha value is -0.0600. The zero-order valence-electron chi connectivity index (χ0n) is 8.52. The van der Waals surface area contributed by atoms with E-state index in [0.29, 0.717) is 11.4 Å². The maximum Gasteiger partial charge on any atom is 0.138 e. The summed E-state index contributed by atoms with van der Waals surface area (Å²) in [6.07, 6.45) is 4.03. The van der Waals surface area contributed by atoms with E-state index in [-0.39, 0.29) is 11.2 Å². The summed E-state index contributed by atoms with van der Waals surface area (Å²) in [6.45, 7) is 0.609. The highest BCUT2D eigenvalue weighted by molar-refractivity contribution is 9.10. The summed E-state index contributed by atoms with van der Waals surface area (Å²) in [5.74, 6) is -0.147. The summed E-state index contributed by atoms with van der Waals surface area (Å²) in [4.78, 5) is 0.673. The summed E-state index contributed by atoms with van der Waals surface area (Å²) in [5, 5.41) is 0. The average molecular weight is 290 g/mol. The SMILES string of the molecule is CSc1c(F)cc(C2(CN)CC2)cc1Br. The molecule has 1 nitrogen and oxygen atoms in total. The van der Waals surface area contributed by atoms with E-state index in [1.165, 1.54) is 11.8 Å². The molecule has 15 heavy (non-hydrogen) atoms. The van der Waals surface area contributed by atoms with Crippen LogP contribution in [0.25, 0.3) is 0 Å². The molecule has 2 N–H and O–H groups in total. The number of hydrogen-bond acceptors (Lipinski definition) is 2. The van der Waals surface area contributed by atoms with Crippen LogP contribution in [-0.4, -0.2) is 12.8 Å². The molecule has 0 heterocycles. The second-order valence-corrected chi connectivity index (χ2v) is 5.63. The minimum Gasteiger partial charge on any atom is -0.330 e. The molecule has 0 amide bonds. The van der Waals surface area contributed by atoms with Crippen molar-refractivity contribution in [3.8, 4) is 0 Å². The van der Waals surface area contributed by atoms with E-state index < -0.39 is 0 Å². The van der Waals surface area contributed by atoms with Gasteiger partial charge in [0.1, 0.15) is 5.82 Å². The zero-order chi connectivity index (χ0) is 11.1. The highest BCUT2D eigenvalue weighted by atomic mass is 79.9. The van der Waals surface area contributed by atoms with Crippen LogP contribution in [-0.2, 0) is 5.41 Å². The van der Waals surface area contributed by atoms with Crippen molar-refractivity contribution >= 4 is 27.7 Å². The van der Waals surface area contributed by atoms with Crippen molar-refractivity contribution < 1.29 is 4.39 Å². The summed E-state index contributed by atoms with van der Waals surface area (Å²) in [6, 6.07) is 3.64. The van der Waals surface area contributed by atoms with Crippen molar-refractivity contribution in [2.24, 2.45) is 5.73 Å². The van der Waals surface area contributed by atoms with Crippen LogP contribution in [0.4, 0.5) is 4.39 Å². The van der Waals surface area contributed by atoms with Crippen LogP contribution in [0.1, 0.15) is 18.4 Å². The molecule has 2 rings (SSSR count). The van der Waals surface area contributed by atoms with E-state index in [9.17, 15) is 4.39 Å². The number of benzene rings is 1. The molecule has 1 aromatic rings. The predicted molar refractivity (Wildman–Crippen MR) is 65.8 cm³/mol. The van der Waals surface area contributed by atoms with E-state index >= 15 is 0 Å². The fourth-order valence-corrected chi connectivity index (χ4v) is 3.25. The molecule has 82 valence electrons. The molecule has 0 bridgehead atoms. The minimum atomic E-state index is -0.147. The molecule has 0 atom stereocenters. The fraction of sp³-hybridized carbons (Fsp3) is 0.455. The minimum absolute atomic E-state index is 0.0559. The van der Waals surface area contributed by atoms with Crippen LogP contribution in [0.15, 0.2) is 21.5 Å². The third kappa shape index (κ3) is 1.95. The van der Waals surface area contributed by atoms with Gasteiger partial charge >= 0.3 is 0 Å². The summed E-state index contributed by atoms with van der Waals surface area (Å²) < 4.78 is 14.6. The molecule has 0 radical (unpaired) electrons. The van der Waals surface area contributed by atoms with E-state index in [0.717, 1.165) is 22.9 Å². The molecule has 1 fully saturated rings. The van der Waals surface area contributed by atoms with Gasteiger partial charge in [0.05, 0.1) is 4.90 Å². The van der Waals surface area contributed by atoms with Gasteiger partial charge in [-0.05, 0) is 52.7 Å². The number of halogens is 2. The first-order chi connectivity index (χ1) is 7.13. The largest absolute Gasteiger partial charge is 0.330 e. The Morgan fingerprint density at radius 1 is 1.53 bits per heavy atom. The van der Waals surface area contributed by atoms with Crippen LogP contribution in [0, 0.1) is 5.82 Å². The van der Waals surface area contributed by atoms with Gasteiger partial charge in [-0.15, -0.1) is 11.8 Å². The van der Waals surface area contributed by atoms with E-state index in [1.54, 1.807) is 6.07 Å². The fourth-order valence-electron chi connectivity index (χ4n) is 1.82. The van der Waals surface area contributed by atoms with Crippen molar-refractivity contribution in [3.05, 3.63) is 28.0 Å². The highest BCUT2D eigenvalue weighted by Gasteiger charge is 2.43. The Labute approximate surface area is 102 Å². The average Bonchev–Trinajstić information content (AvgIpc) is 2.97. The van der Waals surface area contributed by atoms with Gasteiger partial charge in [0.15, 0.2) is 0 Å². The number of hydrogen-bond donors (Lipinski definition) is 1. The monoisotopic (exact) mass is 289 g/mol. The van der Waals surface area contributed by atoms with Gasteiger partial charge in [0, 0.05) is 16.4 Å². The molecule has 0 spiro atoms. The second-order valence-electron chi connectivity index (χ2n) is 3.96. The van der Waals surface area contributed by atoms with Gasteiger partial charge in [-0.3, -0.25) is 0 Å². The lowest BCUT2D eigenvalue weighted by Crippen LogP contribution is -2.19. The van der Waals surface area contributed by atoms with Crippen LogP contribution in [0.5, 0.6) is 0 Å². The first-order valence-corrected chi connectivity index (χ1v) is 6.88. The lowest BCUT2D eigenvalue weighted by Gasteiger charge is -2.15. The zero-order valence-corrected chi connectivity index (χ0v) is 10.9. The molecular weight excluding hydrogens is 277 g/mol. The van der Waals surface area contributed by atoms with Crippen LogP contribution < -0.4 is 5.73 Å². The Morgan fingerprint density at radius 3 is 2.60 bits per heavy atom. The first-order valence-electron chi connectivity index (χ1n) is 4.86. The van der Waals surface area contributed by atoms with E-state index in [4.69, 9.17) is 5.73 Å². The maximum absolute atomic E-state index is 13.7. The van der Waals surface area contributed by atoms with Gasteiger partial charge in [-0.25, -0.2) is 4.39 Å². The summed E-state index contributed by atoms with van der Waals surface area (Å²) in [7, 11) is 0. The van der Waals surface area contributed by atoms with E-state index in [2.05, 4.69) is 15.9 Å². The van der Waals surface area contributed by atoms with Crippen molar-refractivity contribution in [2.45, 2.75) is 23.2 Å². The van der Waals surface area contributed by atoms with Gasteiger partial charge in [-0.2, -0.15) is 0 Å². The second kappa shape index (κ2) is 4.07. The molecule has 1 aromatic carbocycles. The van der Waals surface area contributed by atoms with Gasteiger partial charge in [-0.1, -0.05) is 0 Å². The number of rotatable bonds is 3. The van der Waals surface area contributed by atoms with Crippen LogP contribution in [0.2, 0.25) is 0 Å². The third-order valence-corrected chi connectivity index (χ3v) is 4.77. The molecule has 0 saturated heterocycles.